The first kappa shape index (κ1) is 16.8. The number of rotatable bonds is 3. The van der Waals surface area contributed by atoms with Crippen molar-refractivity contribution in [2.45, 2.75) is 65.2 Å². The topological polar surface area (TPSA) is 15.3 Å². The van der Waals surface area contributed by atoms with E-state index in [0.29, 0.717) is 18.6 Å². The van der Waals surface area contributed by atoms with E-state index < -0.39 is 12.6 Å². The van der Waals surface area contributed by atoms with E-state index in [1.165, 1.54) is 0 Å². The monoisotopic (exact) mass is 280 g/mol. The fraction of sp³-hybridized carbons (Fsp3) is 1.00. The number of hydrogen-bond acceptors (Lipinski definition) is 2. The maximum atomic E-state index is 12.2. The average Bonchev–Trinajstić information content (AvgIpc) is 2.39. The lowest BCUT2D eigenvalue weighted by Gasteiger charge is -2.35. The SMILES string of the molecule is CC1CCNC(C(C)(C)C)CN1CCCC(F)(F)F. The standard InChI is InChI=1S/C14H27F3N2/c1-11-6-8-18-12(13(2,3)4)10-19(11)9-5-7-14(15,16)17/h11-12,18H,5-10H2,1-4H3. The highest BCUT2D eigenvalue weighted by Crippen LogP contribution is 2.25. The fourth-order valence-corrected chi connectivity index (χ4v) is 2.50. The van der Waals surface area contributed by atoms with Crippen molar-refractivity contribution in [2.24, 2.45) is 5.41 Å². The van der Waals surface area contributed by atoms with Gasteiger partial charge in [-0.25, -0.2) is 0 Å². The molecule has 1 fully saturated rings. The molecule has 5 heteroatoms. The Balaban J connectivity index is 2.53. The van der Waals surface area contributed by atoms with Crippen LogP contribution in [0.2, 0.25) is 0 Å². The van der Waals surface area contributed by atoms with Crippen LogP contribution in [0.1, 0.15) is 47.0 Å². The van der Waals surface area contributed by atoms with Crippen molar-refractivity contribution in [2.75, 3.05) is 19.6 Å². The average molecular weight is 280 g/mol. The molecule has 0 aliphatic carbocycles. The Morgan fingerprint density at radius 2 is 1.84 bits per heavy atom. The molecule has 1 heterocycles. The van der Waals surface area contributed by atoms with Crippen LogP contribution < -0.4 is 5.32 Å². The zero-order valence-electron chi connectivity index (χ0n) is 12.5. The first-order chi connectivity index (χ1) is 8.59. The van der Waals surface area contributed by atoms with Crippen LogP contribution in [-0.4, -0.2) is 42.8 Å². The summed E-state index contributed by atoms with van der Waals surface area (Å²) in [6.45, 7) is 11.0. The molecule has 1 N–H and O–H groups in total. The van der Waals surface area contributed by atoms with E-state index in [2.05, 4.69) is 37.9 Å². The lowest BCUT2D eigenvalue weighted by molar-refractivity contribution is -0.136. The van der Waals surface area contributed by atoms with Gasteiger partial charge in [0.25, 0.3) is 0 Å². The van der Waals surface area contributed by atoms with Crippen LogP contribution in [0.25, 0.3) is 0 Å². The number of hydrogen-bond donors (Lipinski definition) is 1. The van der Waals surface area contributed by atoms with Gasteiger partial charge in [0.15, 0.2) is 0 Å². The van der Waals surface area contributed by atoms with Crippen molar-refractivity contribution in [3.63, 3.8) is 0 Å². The Bertz CT molecular complexity index is 271. The summed E-state index contributed by atoms with van der Waals surface area (Å²) >= 11 is 0. The summed E-state index contributed by atoms with van der Waals surface area (Å²) < 4.78 is 36.7. The minimum Gasteiger partial charge on any atom is -0.312 e. The van der Waals surface area contributed by atoms with Gasteiger partial charge in [-0.05, 0) is 38.3 Å². The molecule has 0 amide bonds. The largest absolute Gasteiger partial charge is 0.389 e. The van der Waals surface area contributed by atoms with Crippen molar-refractivity contribution in [3.8, 4) is 0 Å². The highest BCUT2D eigenvalue weighted by atomic mass is 19.4. The molecule has 1 aliphatic heterocycles. The van der Waals surface area contributed by atoms with Gasteiger partial charge < -0.3 is 5.32 Å². The van der Waals surface area contributed by atoms with E-state index in [0.717, 1.165) is 19.5 Å². The third kappa shape index (κ3) is 6.13. The van der Waals surface area contributed by atoms with Crippen LogP contribution in [0.3, 0.4) is 0 Å². The van der Waals surface area contributed by atoms with E-state index in [4.69, 9.17) is 0 Å². The Hall–Kier alpha value is -0.290. The van der Waals surface area contributed by atoms with Gasteiger partial charge in [-0.2, -0.15) is 13.2 Å². The van der Waals surface area contributed by atoms with Crippen molar-refractivity contribution >= 4 is 0 Å². The summed E-state index contributed by atoms with van der Waals surface area (Å²) in [6.07, 6.45) is -3.51. The minimum absolute atomic E-state index is 0.131. The summed E-state index contributed by atoms with van der Waals surface area (Å²) in [4.78, 5) is 2.21. The molecule has 2 unspecified atom stereocenters. The molecule has 0 bridgehead atoms. The molecule has 2 nitrogen and oxygen atoms in total. The Morgan fingerprint density at radius 3 is 2.37 bits per heavy atom. The molecule has 0 aromatic carbocycles. The Labute approximate surface area is 114 Å². The molecule has 0 radical (unpaired) electrons. The summed E-state index contributed by atoms with van der Waals surface area (Å²) in [5, 5.41) is 3.52. The maximum Gasteiger partial charge on any atom is 0.389 e. The van der Waals surface area contributed by atoms with Gasteiger partial charge in [-0.1, -0.05) is 20.8 Å². The van der Waals surface area contributed by atoms with Crippen molar-refractivity contribution in [1.82, 2.24) is 10.2 Å². The molecule has 1 saturated heterocycles. The zero-order valence-corrected chi connectivity index (χ0v) is 12.5. The second-order valence-corrected chi connectivity index (χ2v) is 6.72. The van der Waals surface area contributed by atoms with Crippen LogP contribution in [0.5, 0.6) is 0 Å². The molecule has 0 aromatic rings. The van der Waals surface area contributed by atoms with Gasteiger partial charge >= 0.3 is 6.18 Å². The quantitative estimate of drug-likeness (QED) is 0.852. The molecule has 114 valence electrons. The summed E-state index contributed by atoms with van der Waals surface area (Å²) in [5.74, 6) is 0. The number of alkyl halides is 3. The van der Waals surface area contributed by atoms with Gasteiger partial charge in [0.05, 0.1) is 0 Å². The van der Waals surface area contributed by atoms with Gasteiger partial charge in [0.1, 0.15) is 0 Å². The Kier molecular flexibility index (Phi) is 5.68. The zero-order chi connectivity index (χ0) is 14.7. The fourth-order valence-electron chi connectivity index (χ4n) is 2.50. The maximum absolute atomic E-state index is 12.2. The molecular weight excluding hydrogens is 253 g/mol. The first-order valence-electron chi connectivity index (χ1n) is 7.14. The lowest BCUT2D eigenvalue weighted by Crippen LogP contribution is -2.47. The molecule has 0 saturated carbocycles. The first-order valence-corrected chi connectivity index (χ1v) is 7.14. The number of nitrogens with zero attached hydrogens (tertiary/aromatic N) is 1. The predicted molar refractivity (Wildman–Crippen MR) is 72.2 cm³/mol. The predicted octanol–water partition coefficient (Wildman–Crippen LogP) is 3.43. The van der Waals surface area contributed by atoms with Crippen LogP contribution in [0.15, 0.2) is 0 Å². The van der Waals surface area contributed by atoms with Crippen LogP contribution in [0.4, 0.5) is 13.2 Å². The third-order valence-electron chi connectivity index (χ3n) is 3.94. The van der Waals surface area contributed by atoms with E-state index in [1.807, 2.05) is 0 Å². The molecular formula is C14H27F3N2. The van der Waals surface area contributed by atoms with Gasteiger partial charge in [0, 0.05) is 25.0 Å². The van der Waals surface area contributed by atoms with Gasteiger partial charge in [-0.15, -0.1) is 0 Å². The smallest absolute Gasteiger partial charge is 0.312 e. The molecule has 1 rings (SSSR count). The van der Waals surface area contributed by atoms with E-state index in [9.17, 15) is 13.2 Å². The van der Waals surface area contributed by atoms with Crippen LogP contribution in [0, 0.1) is 5.41 Å². The second kappa shape index (κ2) is 6.44. The van der Waals surface area contributed by atoms with Gasteiger partial charge in [-0.3, -0.25) is 4.90 Å². The minimum atomic E-state index is -4.03. The van der Waals surface area contributed by atoms with Crippen molar-refractivity contribution < 1.29 is 13.2 Å². The molecule has 2 atom stereocenters. The second-order valence-electron chi connectivity index (χ2n) is 6.72. The van der Waals surface area contributed by atoms with E-state index in [-0.39, 0.29) is 11.8 Å². The summed E-state index contributed by atoms with van der Waals surface area (Å²) in [6, 6.07) is 0.691. The number of nitrogens with one attached hydrogen (secondary N) is 1. The van der Waals surface area contributed by atoms with E-state index >= 15 is 0 Å². The Morgan fingerprint density at radius 1 is 1.21 bits per heavy atom. The van der Waals surface area contributed by atoms with Gasteiger partial charge in [0.2, 0.25) is 0 Å². The van der Waals surface area contributed by atoms with Crippen LogP contribution >= 0.6 is 0 Å². The lowest BCUT2D eigenvalue weighted by atomic mass is 9.86. The molecule has 0 aromatic heterocycles. The summed E-state index contributed by atoms with van der Waals surface area (Å²) in [5.41, 5.74) is 0.131. The number of halogens is 3. The van der Waals surface area contributed by atoms with Crippen molar-refractivity contribution in [3.05, 3.63) is 0 Å². The van der Waals surface area contributed by atoms with E-state index in [1.54, 1.807) is 0 Å². The molecule has 1 aliphatic rings. The molecule has 0 spiro atoms. The highest BCUT2D eigenvalue weighted by molar-refractivity contribution is 4.88. The third-order valence-corrected chi connectivity index (χ3v) is 3.94. The van der Waals surface area contributed by atoms with Crippen LogP contribution in [-0.2, 0) is 0 Å². The highest BCUT2D eigenvalue weighted by Gasteiger charge is 2.31. The summed E-state index contributed by atoms with van der Waals surface area (Å²) in [7, 11) is 0. The normalized spacial score (nSPS) is 27.3. The van der Waals surface area contributed by atoms with Crippen molar-refractivity contribution in [1.29, 1.82) is 0 Å². The molecule has 19 heavy (non-hydrogen) atoms.